The van der Waals surface area contributed by atoms with Crippen LogP contribution in [0.15, 0.2) is 66.1 Å². The van der Waals surface area contributed by atoms with Gasteiger partial charge in [0.15, 0.2) is 11.7 Å². The number of nitrogens with one attached hydrogen (secondary N) is 2. The van der Waals surface area contributed by atoms with Gasteiger partial charge in [-0.3, -0.25) is 0 Å². The fraction of sp³-hybridized carbons (Fsp3) is 0.304. The summed E-state index contributed by atoms with van der Waals surface area (Å²) < 4.78 is 0. The summed E-state index contributed by atoms with van der Waals surface area (Å²) in [6.07, 6.45) is 5.02. The van der Waals surface area contributed by atoms with E-state index in [1.807, 2.05) is 24.1 Å². The predicted octanol–water partition coefficient (Wildman–Crippen LogP) is 3.87. The summed E-state index contributed by atoms with van der Waals surface area (Å²) in [5.41, 5.74) is 7.28. The van der Waals surface area contributed by atoms with Crippen LogP contribution in [0.1, 0.15) is 18.9 Å². The average Bonchev–Trinajstić information content (AvgIpc) is 2.73. The van der Waals surface area contributed by atoms with Crippen molar-refractivity contribution in [2.24, 2.45) is 5.10 Å². The van der Waals surface area contributed by atoms with Gasteiger partial charge in [-0.1, -0.05) is 43.3 Å². The first-order valence-corrected chi connectivity index (χ1v) is 9.95. The van der Waals surface area contributed by atoms with E-state index in [4.69, 9.17) is 4.98 Å². The quantitative estimate of drug-likeness (QED) is 0.752. The van der Waals surface area contributed by atoms with Gasteiger partial charge in [0.1, 0.15) is 5.82 Å². The number of rotatable bonds is 7. The summed E-state index contributed by atoms with van der Waals surface area (Å²) in [6.45, 7) is 10.2. The van der Waals surface area contributed by atoms with Crippen molar-refractivity contribution in [3.05, 3.63) is 66.5 Å². The Morgan fingerprint density at radius 2 is 2.07 bits per heavy atom. The lowest BCUT2D eigenvalue weighted by Crippen LogP contribution is -2.35. The zero-order valence-corrected chi connectivity index (χ0v) is 17.7. The Balaban J connectivity index is 1.95. The molecule has 1 aliphatic rings. The number of hydrogen-bond donors (Lipinski definition) is 2. The lowest BCUT2D eigenvalue weighted by atomic mass is 10.1. The number of amidine groups is 1. The topological polar surface area (TPSA) is 55.8 Å². The SMILES string of the molecule is C=C(NC1=NNCC=C1)N(C)c1nc(-c2cccc(C)c2)ccc1N(C)CCC. The molecule has 2 heterocycles. The van der Waals surface area contributed by atoms with Crippen LogP contribution in [0.2, 0.25) is 0 Å². The van der Waals surface area contributed by atoms with Crippen LogP contribution in [0.25, 0.3) is 11.3 Å². The van der Waals surface area contributed by atoms with Crippen molar-refractivity contribution >= 4 is 17.3 Å². The van der Waals surface area contributed by atoms with E-state index in [0.29, 0.717) is 5.82 Å². The standard InChI is InChI=1S/C23H30N6/c1-6-15-28(4)21-13-12-20(19-10-7-9-17(2)16-19)26-23(21)29(5)18(3)25-22-11-8-14-24-27-22/h7-13,16,24H,3,6,14-15H2,1-2,4-5H3,(H,25,27). The van der Waals surface area contributed by atoms with Crippen LogP contribution >= 0.6 is 0 Å². The van der Waals surface area contributed by atoms with Gasteiger partial charge >= 0.3 is 0 Å². The van der Waals surface area contributed by atoms with Crippen molar-refractivity contribution in [1.29, 1.82) is 0 Å². The number of anilines is 2. The molecule has 0 saturated heterocycles. The van der Waals surface area contributed by atoms with E-state index >= 15 is 0 Å². The molecule has 6 heteroatoms. The lowest BCUT2D eigenvalue weighted by molar-refractivity contribution is 0.800. The van der Waals surface area contributed by atoms with E-state index in [2.05, 4.69) is 84.6 Å². The second-order valence-electron chi connectivity index (χ2n) is 7.22. The molecule has 2 aromatic rings. The third kappa shape index (κ3) is 4.96. The van der Waals surface area contributed by atoms with Gasteiger partial charge in [-0.2, -0.15) is 5.10 Å². The molecule has 0 fully saturated rings. The van der Waals surface area contributed by atoms with Crippen molar-refractivity contribution in [3.8, 4) is 11.3 Å². The Morgan fingerprint density at radius 1 is 1.24 bits per heavy atom. The lowest BCUT2D eigenvalue weighted by Gasteiger charge is -2.29. The Hall–Kier alpha value is -3.28. The van der Waals surface area contributed by atoms with Crippen molar-refractivity contribution in [1.82, 2.24) is 15.7 Å². The molecule has 152 valence electrons. The van der Waals surface area contributed by atoms with Gasteiger partial charge in [0.2, 0.25) is 0 Å². The minimum atomic E-state index is 0.706. The minimum absolute atomic E-state index is 0.706. The number of benzene rings is 1. The van der Waals surface area contributed by atoms with Crippen molar-refractivity contribution in [2.45, 2.75) is 20.3 Å². The van der Waals surface area contributed by atoms with Gasteiger partial charge in [-0.05, 0) is 37.6 Å². The van der Waals surface area contributed by atoms with Gasteiger partial charge in [0.25, 0.3) is 0 Å². The Bertz CT molecular complexity index is 931. The van der Waals surface area contributed by atoms with Crippen LogP contribution in [0.3, 0.4) is 0 Å². The molecule has 6 nitrogen and oxygen atoms in total. The van der Waals surface area contributed by atoms with Crippen molar-refractivity contribution in [2.75, 3.05) is 37.0 Å². The highest BCUT2D eigenvalue weighted by atomic mass is 15.4. The summed E-state index contributed by atoms with van der Waals surface area (Å²) in [5.74, 6) is 2.29. The molecule has 0 bridgehead atoms. The Kier molecular flexibility index (Phi) is 6.54. The van der Waals surface area contributed by atoms with Crippen LogP contribution in [-0.4, -0.2) is 38.0 Å². The second kappa shape index (κ2) is 9.28. The molecule has 0 spiro atoms. The van der Waals surface area contributed by atoms with E-state index in [0.717, 1.165) is 48.1 Å². The molecule has 0 atom stereocenters. The van der Waals surface area contributed by atoms with E-state index in [1.54, 1.807) is 0 Å². The molecular formula is C23H30N6. The fourth-order valence-corrected chi connectivity index (χ4v) is 3.23. The van der Waals surface area contributed by atoms with E-state index in [-0.39, 0.29) is 0 Å². The van der Waals surface area contributed by atoms with Gasteiger partial charge in [0.05, 0.1) is 17.9 Å². The molecule has 0 aliphatic carbocycles. The predicted molar refractivity (Wildman–Crippen MR) is 123 cm³/mol. The molecule has 0 saturated carbocycles. The number of hydrogen-bond acceptors (Lipinski definition) is 6. The highest BCUT2D eigenvalue weighted by Crippen LogP contribution is 2.31. The highest BCUT2D eigenvalue weighted by Gasteiger charge is 2.17. The van der Waals surface area contributed by atoms with Gasteiger partial charge < -0.3 is 20.5 Å². The summed E-state index contributed by atoms with van der Waals surface area (Å²) in [6, 6.07) is 12.6. The van der Waals surface area contributed by atoms with Crippen LogP contribution in [0, 0.1) is 6.92 Å². The molecule has 0 radical (unpaired) electrons. The second-order valence-corrected chi connectivity index (χ2v) is 7.22. The summed E-state index contributed by atoms with van der Waals surface area (Å²) in [4.78, 5) is 9.22. The van der Waals surface area contributed by atoms with Crippen LogP contribution in [0.5, 0.6) is 0 Å². The average molecular weight is 391 g/mol. The zero-order valence-electron chi connectivity index (χ0n) is 17.7. The number of pyridine rings is 1. The molecular weight excluding hydrogens is 360 g/mol. The Morgan fingerprint density at radius 3 is 2.76 bits per heavy atom. The zero-order chi connectivity index (χ0) is 20.8. The van der Waals surface area contributed by atoms with Crippen LogP contribution in [-0.2, 0) is 0 Å². The third-order valence-corrected chi connectivity index (χ3v) is 4.82. The first-order chi connectivity index (χ1) is 14.0. The molecule has 2 N–H and O–H groups in total. The van der Waals surface area contributed by atoms with Crippen molar-refractivity contribution < 1.29 is 0 Å². The van der Waals surface area contributed by atoms with E-state index in [1.165, 1.54) is 5.56 Å². The number of aromatic nitrogens is 1. The normalized spacial score (nSPS) is 12.8. The third-order valence-electron chi connectivity index (χ3n) is 4.82. The first-order valence-electron chi connectivity index (χ1n) is 9.95. The fourth-order valence-electron chi connectivity index (χ4n) is 3.23. The molecule has 1 aromatic heterocycles. The highest BCUT2D eigenvalue weighted by molar-refractivity contribution is 5.94. The Labute approximate surface area is 173 Å². The largest absolute Gasteiger partial charge is 0.372 e. The number of aryl methyl sites for hydroxylation is 1. The molecule has 0 unspecified atom stereocenters. The summed E-state index contributed by atoms with van der Waals surface area (Å²) >= 11 is 0. The molecule has 3 rings (SSSR count). The van der Waals surface area contributed by atoms with E-state index in [9.17, 15) is 0 Å². The maximum atomic E-state index is 5.01. The van der Waals surface area contributed by atoms with E-state index < -0.39 is 0 Å². The number of nitrogens with zero attached hydrogens (tertiary/aromatic N) is 4. The maximum Gasteiger partial charge on any atom is 0.158 e. The van der Waals surface area contributed by atoms with Gasteiger partial charge in [-0.25, -0.2) is 4.98 Å². The minimum Gasteiger partial charge on any atom is -0.372 e. The van der Waals surface area contributed by atoms with Gasteiger partial charge in [0, 0.05) is 26.2 Å². The van der Waals surface area contributed by atoms with Crippen LogP contribution < -0.4 is 20.5 Å². The molecule has 1 aliphatic heterocycles. The molecule has 0 amide bonds. The van der Waals surface area contributed by atoms with Crippen molar-refractivity contribution in [3.63, 3.8) is 0 Å². The smallest absolute Gasteiger partial charge is 0.158 e. The maximum absolute atomic E-state index is 5.01. The first kappa shape index (κ1) is 20.5. The summed E-state index contributed by atoms with van der Waals surface area (Å²) in [5, 5.41) is 7.51. The molecule has 29 heavy (non-hydrogen) atoms. The van der Waals surface area contributed by atoms with Crippen LogP contribution in [0.4, 0.5) is 11.5 Å². The monoisotopic (exact) mass is 390 g/mol. The summed E-state index contributed by atoms with van der Waals surface area (Å²) in [7, 11) is 4.07. The van der Waals surface area contributed by atoms with Gasteiger partial charge in [-0.15, -0.1) is 0 Å². The molecule has 1 aromatic carbocycles. The number of hydrazone groups is 1.